The number of nitrogens with zero attached hydrogens (tertiary/aromatic N) is 1. The monoisotopic (exact) mass is 306 g/mol. The molecule has 0 radical (unpaired) electrons. The number of alkyl halides is 1. The van der Waals surface area contributed by atoms with Gasteiger partial charge in [0, 0.05) is 13.1 Å². The Balaban J connectivity index is 4.43. The van der Waals surface area contributed by atoms with E-state index in [9.17, 15) is 9.59 Å². The van der Waals surface area contributed by atoms with Crippen LogP contribution in [0.5, 0.6) is 0 Å². The van der Waals surface area contributed by atoms with Crippen LogP contribution in [0.3, 0.4) is 0 Å². The number of rotatable bonds is 7. The maximum atomic E-state index is 12.1. The second-order valence-electron chi connectivity index (χ2n) is 4.55. The second-order valence-corrected chi connectivity index (χ2v) is 6.53. The number of halogens is 1. The molecular formula is C12H23BrN2O2. The molecule has 1 N–H and O–H groups in total. The fraction of sp³-hybridized carbons (Fsp3) is 0.833. The molecule has 0 unspecified atom stereocenters. The van der Waals surface area contributed by atoms with Gasteiger partial charge in [-0.2, -0.15) is 0 Å². The molecule has 4 nitrogen and oxygen atoms in total. The molecule has 2 amide bonds. The molecule has 17 heavy (non-hydrogen) atoms. The zero-order valence-electron chi connectivity index (χ0n) is 11.2. The first kappa shape index (κ1) is 16.4. The van der Waals surface area contributed by atoms with E-state index in [4.69, 9.17) is 0 Å². The summed E-state index contributed by atoms with van der Waals surface area (Å²) in [5.41, 5.74) is 0. The largest absolute Gasteiger partial charge is 0.355 e. The summed E-state index contributed by atoms with van der Waals surface area (Å²) in [5.74, 6) is -0.142. The third kappa shape index (κ3) is 6.66. The van der Waals surface area contributed by atoms with Crippen molar-refractivity contribution in [3.8, 4) is 0 Å². The highest BCUT2D eigenvalue weighted by atomic mass is 79.9. The van der Waals surface area contributed by atoms with E-state index >= 15 is 0 Å². The summed E-state index contributed by atoms with van der Waals surface area (Å²) in [7, 11) is 0. The smallest absolute Gasteiger partial charge is 0.239 e. The zero-order chi connectivity index (χ0) is 13.5. The molecule has 0 spiro atoms. The van der Waals surface area contributed by atoms with Crippen molar-refractivity contribution in [2.45, 2.75) is 44.9 Å². The molecule has 0 aromatic carbocycles. The van der Waals surface area contributed by atoms with Crippen LogP contribution in [0.1, 0.15) is 40.5 Å². The molecule has 0 fully saturated rings. The van der Waals surface area contributed by atoms with Crippen LogP contribution in [0.15, 0.2) is 0 Å². The average molecular weight is 307 g/mol. The van der Waals surface area contributed by atoms with Crippen molar-refractivity contribution in [2.75, 3.05) is 19.6 Å². The van der Waals surface area contributed by atoms with Gasteiger partial charge in [0.25, 0.3) is 0 Å². The van der Waals surface area contributed by atoms with E-state index in [-0.39, 0.29) is 18.4 Å². The zero-order valence-corrected chi connectivity index (χ0v) is 12.8. The van der Waals surface area contributed by atoms with Gasteiger partial charge in [-0.1, -0.05) is 29.8 Å². The number of nitrogens with one attached hydrogen (secondary N) is 1. The van der Waals surface area contributed by atoms with E-state index in [0.29, 0.717) is 13.1 Å². The van der Waals surface area contributed by atoms with Crippen LogP contribution in [-0.4, -0.2) is 40.7 Å². The lowest BCUT2D eigenvalue weighted by Crippen LogP contribution is -2.47. The minimum absolute atomic E-state index is 0.0500. The lowest BCUT2D eigenvalue weighted by Gasteiger charge is -2.27. The molecule has 0 saturated heterocycles. The Bertz CT molecular complexity index is 262. The number of carbonyl (C=O) groups is 2. The Labute approximate surface area is 112 Å². The van der Waals surface area contributed by atoms with Gasteiger partial charge in [-0.25, -0.2) is 0 Å². The molecule has 0 aliphatic rings. The quantitative estimate of drug-likeness (QED) is 0.731. The van der Waals surface area contributed by atoms with E-state index in [0.717, 1.165) is 12.8 Å². The fourth-order valence-corrected chi connectivity index (χ4v) is 1.64. The van der Waals surface area contributed by atoms with Gasteiger partial charge >= 0.3 is 0 Å². The molecule has 0 heterocycles. The van der Waals surface area contributed by atoms with Gasteiger partial charge in [-0.3, -0.25) is 9.59 Å². The van der Waals surface area contributed by atoms with Crippen LogP contribution in [0, 0.1) is 0 Å². The number of amides is 2. The molecule has 0 aliphatic carbocycles. The topological polar surface area (TPSA) is 49.4 Å². The molecular weight excluding hydrogens is 284 g/mol. The van der Waals surface area contributed by atoms with Gasteiger partial charge in [0.1, 0.15) is 0 Å². The molecule has 0 aromatic rings. The molecule has 0 aliphatic heterocycles. The van der Waals surface area contributed by atoms with E-state index < -0.39 is 4.32 Å². The third-order valence-electron chi connectivity index (χ3n) is 2.20. The Morgan fingerprint density at radius 2 is 1.82 bits per heavy atom. The summed E-state index contributed by atoms with van der Waals surface area (Å²) >= 11 is 3.33. The highest BCUT2D eigenvalue weighted by molar-refractivity contribution is 9.10. The van der Waals surface area contributed by atoms with Gasteiger partial charge in [-0.15, -0.1) is 0 Å². The highest BCUT2D eigenvalue weighted by Gasteiger charge is 2.29. The van der Waals surface area contributed by atoms with E-state index in [2.05, 4.69) is 21.2 Å². The Hall–Kier alpha value is -0.580. The number of hydrogen-bond acceptors (Lipinski definition) is 2. The summed E-state index contributed by atoms with van der Waals surface area (Å²) in [4.78, 5) is 25.3. The third-order valence-corrected chi connectivity index (χ3v) is 2.54. The van der Waals surface area contributed by atoms with E-state index in [1.54, 1.807) is 18.7 Å². The molecule has 0 bridgehead atoms. The average Bonchev–Trinajstić information content (AvgIpc) is 2.23. The minimum atomic E-state index is -0.618. The van der Waals surface area contributed by atoms with Crippen molar-refractivity contribution in [3.63, 3.8) is 0 Å². The Morgan fingerprint density at radius 1 is 1.24 bits per heavy atom. The summed E-state index contributed by atoms with van der Waals surface area (Å²) in [6.45, 7) is 8.98. The molecule has 5 heteroatoms. The van der Waals surface area contributed by atoms with Crippen LogP contribution >= 0.6 is 15.9 Å². The second kappa shape index (κ2) is 7.69. The summed E-state index contributed by atoms with van der Waals surface area (Å²) in [6.07, 6.45) is 1.74. The van der Waals surface area contributed by atoms with Crippen molar-refractivity contribution >= 4 is 27.7 Å². The predicted octanol–water partition coefficient (Wildman–Crippen LogP) is 1.92. The lowest BCUT2D eigenvalue weighted by molar-refractivity contribution is -0.137. The Kier molecular flexibility index (Phi) is 7.43. The van der Waals surface area contributed by atoms with Gasteiger partial charge in [0.05, 0.1) is 10.9 Å². The first-order valence-electron chi connectivity index (χ1n) is 6.07. The van der Waals surface area contributed by atoms with Crippen LogP contribution < -0.4 is 5.32 Å². The molecule has 0 atom stereocenters. The summed E-state index contributed by atoms with van der Waals surface area (Å²) in [5, 5.41) is 2.78. The van der Waals surface area contributed by atoms with Crippen molar-refractivity contribution < 1.29 is 9.59 Å². The molecule has 0 aromatic heterocycles. The van der Waals surface area contributed by atoms with Gasteiger partial charge in [-0.05, 0) is 26.7 Å². The minimum Gasteiger partial charge on any atom is -0.355 e. The maximum absolute atomic E-state index is 12.1. The first-order valence-corrected chi connectivity index (χ1v) is 6.87. The Morgan fingerprint density at radius 3 is 2.24 bits per heavy atom. The van der Waals surface area contributed by atoms with Crippen molar-refractivity contribution in [3.05, 3.63) is 0 Å². The lowest BCUT2D eigenvalue weighted by atomic mass is 10.2. The maximum Gasteiger partial charge on any atom is 0.239 e. The molecule has 0 rings (SSSR count). The van der Waals surface area contributed by atoms with Gasteiger partial charge in [0.15, 0.2) is 0 Å². The highest BCUT2D eigenvalue weighted by Crippen LogP contribution is 2.19. The van der Waals surface area contributed by atoms with Crippen molar-refractivity contribution in [2.24, 2.45) is 0 Å². The molecule has 100 valence electrons. The van der Waals surface area contributed by atoms with Crippen LogP contribution in [-0.2, 0) is 9.59 Å². The van der Waals surface area contributed by atoms with Crippen LogP contribution in [0.25, 0.3) is 0 Å². The van der Waals surface area contributed by atoms with Crippen molar-refractivity contribution in [1.82, 2.24) is 10.2 Å². The normalized spacial score (nSPS) is 11.1. The van der Waals surface area contributed by atoms with E-state index in [1.807, 2.05) is 13.8 Å². The van der Waals surface area contributed by atoms with Gasteiger partial charge < -0.3 is 10.2 Å². The predicted molar refractivity (Wildman–Crippen MR) is 73.2 cm³/mol. The number of hydrogen-bond donors (Lipinski definition) is 1. The van der Waals surface area contributed by atoms with Crippen LogP contribution in [0.2, 0.25) is 0 Å². The first-order chi connectivity index (χ1) is 7.82. The van der Waals surface area contributed by atoms with Crippen LogP contribution in [0.4, 0.5) is 0 Å². The SMILES string of the molecule is CCCNC(=O)CN(CCC)C(=O)C(C)(C)Br. The van der Waals surface area contributed by atoms with E-state index in [1.165, 1.54) is 0 Å². The standard InChI is InChI=1S/C12H23BrN2O2/c1-5-7-14-10(16)9-15(8-6-2)11(17)12(3,4)13/h5-9H2,1-4H3,(H,14,16). The number of carbonyl (C=O) groups excluding carboxylic acids is 2. The fourth-order valence-electron chi connectivity index (χ4n) is 1.39. The summed E-state index contributed by atoms with van der Waals surface area (Å²) in [6, 6.07) is 0. The summed E-state index contributed by atoms with van der Waals surface area (Å²) < 4.78 is -0.618. The van der Waals surface area contributed by atoms with Gasteiger partial charge in [0.2, 0.25) is 11.8 Å². The van der Waals surface area contributed by atoms with Crippen molar-refractivity contribution in [1.29, 1.82) is 0 Å². The molecule has 0 saturated carbocycles.